The fraction of sp³-hybridized carbons (Fsp3) is 0.250. The third kappa shape index (κ3) is 3.97. The quantitative estimate of drug-likeness (QED) is 0.639. The number of benzene rings is 1. The average Bonchev–Trinajstić information content (AvgIpc) is 2.68. The van der Waals surface area contributed by atoms with Gasteiger partial charge in [0.25, 0.3) is 5.91 Å². The second kappa shape index (κ2) is 5.76. The molecule has 0 radical (unpaired) electrons. The molecule has 0 aliphatic carbocycles. The van der Waals surface area contributed by atoms with E-state index in [4.69, 9.17) is 11.5 Å². The number of halogens is 3. The zero-order valence-corrected chi connectivity index (χ0v) is 11.4. The minimum absolute atomic E-state index is 0.122. The lowest BCUT2D eigenvalue weighted by atomic mass is 10.1. The van der Waals surface area contributed by atoms with Gasteiger partial charge in [0, 0.05) is 0 Å². The van der Waals surface area contributed by atoms with Crippen molar-refractivity contribution < 1.29 is 18.0 Å². The Labute approximate surface area is 122 Å². The number of amides is 1. The Morgan fingerprint density at radius 2 is 2.10 bits per heavy atom. The Morgan fingerprint density at radius 3 is 2.71 bits per heavy atom. The van der Waals surface area contributed by atoms with Gasteiger partial charge in [0.15, 0.2) is 11.1 Å². The first-order valence-corrected chi connectivity index (χ1v) is 6.68. The van der Waals surface area contributed by atoms with Gasteiger partial charge in [-0.15, -0.1) is 0 Å². The molecule has 1 atom stereocenters. The van der Waals surface area contributed by atoms with Gasteiger partial charge in [-0.05, 0) is 18.1 Å². The highest BCUT2D eigenvalue weighted by Gasteiger charge is 2.32. The molecule has 0 fully saturated rings. The Bertz CT molecular complexity index is 623. The first-order valence-electron chi connectivity index (χ1n) is 5.80. The van der Waals surface area contributed by atoms with Gasteiger partial charge in [0.1, 0.15) is 0 Å². The summed E-state index contributed by atoms with van der Waals surface area (Å²) in [5.41, 5.74) is 10.0. The molecule has 0 unspecified atom stereocenters. The number of hydrogen-bond donors (Lipinski definition) is 2. The third-order valence-corrected chi connectivity index (χ3v) is 3.68. The lowest BCUT2D eigenvalue weighted by Crippen LogP contribution is -2.23. The van der Waals surface area contributed by atoms with Crippen LogP contribution in [0.5, 0.6) is 0 Å². The molecular formula is C12H11F3N4OS. The van der Waals surface area contributed by atoms with Crippen LogP contribution in [0.3, 0.4) is 0 Å². The van der Waals surface area contributed by atoms with E-state index in [9.17, 15) is 18.0 Å². The van der Waals surface area contributed by atoms with Crippen molar-refractivity contribution in [2.24, 2.45) is 21.5 Å². The van der Waals surface area contributed by atoms with Gasteiger partial charge in [-0.2, -0.15) is 23.2 Å². The summed E-state index contributed by atoms with van der Waals surface area (Å²) >= 11 is 1.03. The van der Waals surface area contributed by atoms with Crippen LogP contribution in [0.2, 0.25) is 0 Å². The second-order valence-corrected chi connectivity index (χ2v) is 5.45. The molecule has 1 aromatic rings. The van der Waals surface area contributed by atoms with Crippen LogP contribution in [-0.2, 0) is 17.4 Å². The van der Waals surface area contributed by atoms with E-state index in [1.54, 1.807) is 0 Å². The number of thioether (sulfide) groups is 1. The number of hydrogen-bond acceptors (Lipinski definition) is 3. The molecule has 2 rings (SSSR count). The van der Waals surface area contributed by atoms with E-state index >= 15 is 0 Å². The molecule has 1 aromatic carbocycles. The monoisotopic (exact) mass is 316 g/mol. The number of nitrogens with two attached hydrogens (primary N) is 2. The van der Waals surface area contributed by atoms with E-state index in [1.807, 2.05) is 0 Å². The Hall–Kier alpha value is -2.03. The van der Waals surface area contributed by atoms with Gasteiger partial charge in [-0.1, -0.05) is 30.0 Å². The molecule has 112 valence electrons. The molecule has 0 saturated heterocycles. The predicted octanol–water partition coefficient (Wildman–Crippen LogP) is 1.52. The summed E-state index contributed by atoms with van der Waals surface area (Å²) in [6, 6.07) is 4.84. The Balaban J connectivity index is 2.11. The number of nitrogens with zero attached hydrogens (tertiary/aromatic N) is 2. The van der Waals surface area contributed by atoms with Crippen LogP contribution in [0, 0.1) is 0 Å². The van der Waals surface area contributed by atoms with Gasteiger partial charge in [0.05, 0.1) is 10.8 Å². The van der Waals surface area contributed by atoms with Gasteiger partial charge in [-0.25, -0.2) is 0 Å². The van der Waals surface area contributed by atoms with Gasteiger partial charge < -0.3 is 11.5 Å². The van der Waals surface area contributed by atoms with Crippen molar-refractivity contribution in [3.63, 3.8) is 0 Å². The number of carbonyl (C=O) groups is 1. The summed E-state index contributed by atoms with van der Waals surface area (Å²) < 4.78 is 37.9. The fourth-order valence-electron chi connectivity index (χ4n) is 1.75. The smallest absolute Gasteiger partial charge is 0.370 e. The van der Waals surface area contributed by atoms with Gasteiger partial charge in [0.2, 0.25) is 0 Å². The van der Waals surface area contributed by atoms with Gasteiger partial charge in [-0.3, -0.25) is 4.79 Å². The number of carbonyl (C=O) groups excluding carboxylic acids is 1. The second-order valence-electron chi connectivity index (χ2n) is 4.28. The van der Waals surface area contributed by atoms with Crippen molar-refractivity contribution in [1.82, 2.24) is 0 Å². The van der Waals surface area contributed by atoms with E-state index in [0.717, 1.165) is 23.9 Å². The summed E-state index contributed by atoms with van der Waals surface area (Å²) in [6.45, 7) is 0. The van der Waals surface area contributed by atoms with Crippen LogP contribution >= 0.6 is 11.8 Å². The topological polar surface area (TPSA) is 93.8 Å². The summed E-state index contributed by atoms with van der Waals surface area (Å²) in [5, 5.41) is -0.497. The lowest BCUT2D eigenvalue weighted by Gasteiger charge is -2.10. The summed E-state index contributed by atoms with van der Waals surface area (Å²) in [5.74, 6) is -0.689. The maximum Gasteiger partial charge on any atom is 0.416 e. The predicted molar refractivity (Wildman–Crippen MR) is 74.8 cm³/mol. The minimum atomic E-state index is -4.41. The van der Waals surface area contributed by atoms with E-state index in [1.165, 1.54) is 12.1 Å². The van der Waals surface area contributed by atoms with Crippen LogP contribution in [0.15, 0.2) is 34.3 Å². The van der Waals surface area contributed by atoms with Crippen molar-refractivity contribution in [2.75, 3.05) is 0 Å². The number of guanidine groups is 1. The van der Waals surface area contributed by atoms with Crippen molar-refractivity contribution >= 4 is 28.8 Å². The minimum Gasteiger partial charge on any atom is -0.370 e. The molecule has 1 amide bonds. The number of alkyl halides is 3. The van der Waals surface area contributed by atoms with E-state index in [2.05, 4.69) is 9.98 Å². The molecule has 5 nitrogen and oxygen atoms in total. The standard InChI is InChI=1S/C12H11F3N4OS/c13-12(14,15)7-3-1-2-6(4-7)5-8-9(20)18-11(21-8)19-10(16)17/h1-4,8H,5H2,(H4,16,17,18,19,20)/t8-/m0/s1. The maximum atomic E-state index is 12.6. The average molecular weight is 316 g/mol. The largest absolute Gasteiger partial charge is 0.416 e. The molecule has 1 aliphatic rings. The van der Waals surface area contributed by atoms with Crippen LogP contribution in [0.4, 0.5) is 13.2 Å². The van der Waals surface area contributed by atoms with Crippen molar-refractivity contribution in [2.45, 2.75) is 17.8 Å². The molecule has 9 heteroatoms. The summed E-state index contributed by atoms with van der Waals surface area (Å²) in [6.07, 6.45) is -4.29. The summed E-state index contributed by atoms with van der Waals surface area (Å²) in [7, 11) is 0. The van der Waals surface area contributed by atoms with E-state index < -0.39 is 22.9 Å². The molecule has 21 heavy (non-hydrogen) atoms. The zero-order valence-electron chi connectivity index (χ0n) is 10.6. The van der Waals surface area contributed by atoms with Crippen LogP contribution in [0.1, 0.15) is 11.1 Å². The molecule has 0 spiro atoms. The lowest BCUT2D eigenvalue weighted by molar-refractivity contribution is -0.137. The fourth-order valence-corrected chi connectivity index (χ4v) is 2.73. The first-order chi connectivity index (χ1) is 9.75. The Morgan fingerprint density at radius 1 is 1.38 bits per heavy atom. The highest BCUT2D eigenvalue weighted by molar-refractivity contribution is 8.15. The maximum absolute atomic E-state index is 12.6. The summed E-state index contributed by atoms with van der Waals surface area (Å²) in [4.78, 5) is 19.0. The first kappa shape index (κ1) is 15.4. The highest BCUT2D eigenvalue weighted by Crippen LogP contribution is 2.31. The zero-order chi connectivity index (χ0) is 15.6. The normalized spacial score (nSPS) is 18.5. The molecule has 1 heterocycles. The third-order valence-electron chi connectivity index (χ3n) is 2.63. The Kier molecular flexibility index (Phi) is 4.21. The van der Waals surface area contributed by atoms with Gasteiger partial charge >= 0.3 is 6.18 Å². The molecule has 0 bridgehead atoms. The van der Waals surface area contributed by atoms with Crippen molar-refractivity contribution in [1.29, 1.82) is 0 Å². The van der Waals surface area contributed by atoms with Crippen molar-refractivity contribution in [3.05, 3.63) is 35.4 Å². The number of rotatable bonds is 2. The highest BCUT2D eigenvalue weighted by atomic mass is 32.2. The van der Waals surface area contributed by atoms with Crippen molar-refractivity contribution in [3.8, 4) is 0 Å². The molecule has 4 N–H and O–H groups in total. The van der Waals surface area contributed by atoms with Crippen LogP contribution < -0.4 is 11.5 Å². The van der Waals surface area contributed by atoms with E-state index in [0.29, 0.717) is 5.56 Å². The number of amidine groups is 1. The van der Waals surface area contributed by atoms with Crippen LogP contribution in [0.25, 0.3) is 0 Å². The molecule has 0 saturated carbocycles. The number of aliphatic imine (C=N–C) groups is 2. The van der Waals surface area contributed by atoms with E-state index in [-0.39, 0.29) is 17.5 Å². The molecule has 0 aromatic heterocycles. The SMILES string of the molecule is NC(N)=NC1=NC(=O)[C@H](Cc2cccc(C(F)(F)F)c2)S1. The molecule has 1 aliphatic heterocycles. The molecular weight excluding hydrogens is 305 g/mol. The van der Waals surface area contributed by atoms with Crippen LogP contribution in [-0.4, -0.2) is 22.3 Å².